The van der Waals surface area contributed by atoms with E-state index in [0.29, 0.717) is 6.61 Å². The molecule has 0 saturated carbocycles. The minimum absolute atomic E-state index is 0.129. The lowest BCUT2D eigenvalue weighted by Crippen LogP contribution is -2.31. The van der Waals surface area contributed by atoms with Crippen LogP contribution in [0.5, 0.6) is 5.75 Å². The monoisotopic (exact) mass is 425 g/mol. The summed E-state index contributed by atoms with van der Waals surface area (Å²) in [7, 11) is 0. The van der Waals surface area contributed by atoms with Crippen LogP contribution in [0.3, 0.4) is 0 Å². The molecule has 0 aliphatic rings. The standard InChI is InChI=1S/C25H28ClNOS/c1-25(2,27)15-7-10-20-13-14-23(17-24(20)26)29-22-12-6-11-21(16-22)28-18-19-8-4-3-5-9-19/h3-6,8-9,11-14,16-17H,7,10,15,18,27H2,1-2H3. The van der Waals surface area contributed by atoms with Gasteiger partial charge in [0.25, 0.3) is 0 Å². The highest BCUT2D eigenvalue weighted by molar-refractivity contribution is 7.99. The first kappa shape index (κ1) is 21.8. The number of rotatable bonds is 9. The average molecular weight is 426 g/mol. The van der Waals surface area contributed by atoms with Gasteiger partial charge in [0.2, 0.25) is 0 Å². The molecule has 2 N–H and O–H groups in total. The van der Waals surface area contributed by atoms with E-state index in [1.807, 2.05) is 36.4 Å². The second-order valence-corrected chi connectivity index (χ2v) is 9.50. The Morgan fingerprint density at radius 2 is 1.69 bits per heavy atom. The fourth-order valence-corrected chi connectivity index (χ4v) is 4.28. The molecule has 29 heavy (non-hydrogen) atoms. The van der Waals surface area contributed by atoms with Gasteiger partial charge in [0.05, 0.1) is 0 Å². The molecule has 0 heterocycles. The van der Waals surface area contributed by atoms with E-state index in [1.165, 1.54) is 5.56 Å². The SMILES string of the molecule is CC(C)(N)CCCc1ccc(Sc2cccc(OCc3ccccc3)c2)cc1Cl. The molecule has 152 valence electrons. The first-order valence-corrected chi connectivity index (χ1v) is 11.1. The molecule has 4 heteroatoms. The molecule has 2 nitrogen and oxygen atoms in total. The number of halogens is 1. The van der Waals surface area contributed by atoms with Gasteiger partial charge in [-0.1, -0.05) is 65.8 Å². The van der Waals surface area contributed by atoms with Crippen molar-refractivity contribution in [2.45, 2.75) is 55.0 Å². The Morgan fingerprint density at radius 1 is 0.931 bits per heavy atom. The highest BCUT2D eigenvalue weighted by Gasteiger charge is 2.11. The van der Waals surface area contributed by atoms with Gasteiger partial charge in [-0.3, -0.25) is 0 Å². The molecule has 3 rings (SSSR count). The lowest BCUT2D eigenvalue weighted by molar-refractivity contribution is 0.305. The van der Waals surface area contributed by atoms with Crippen LogP contribution >= 0.6 is 23.4 Å². The maximum absolute atomic E-state index is 6.53. The largest absolute Gasteiger partial charge is 0.489 e. The maximum Gasteiger partial charge on any atom is 0.120 e. The summed E-state index contributed by atoms with van der Waals surface area (Å²) in [6, 6.07) is 24.7. The van der Waals surface area contributed by atoms with Crippen molar-refractivity contribution in [2.75, 3.05) is 0 Å². The van der Waals surface area contributed by atoms with Gasteiger partial charge in [-0.15, -0.1) is 0 Å². The Bertz CT molecular complexity index is 922. The minimum Gasteiger partial charge on any atom is -0.489 e. The van der Waals surface area contributed by atoms with Crippen LogP contribution in [0.25, 0.3) is 0 Å². The van der Waals surface area contributed by atoms with Gasteiger partial charge in [-0.25, -0.2) is 0 Å². The van der Waals surface area contributed by atoms with E-state index in [0.717, 1.165) is 45.4 Å². The fraction of sp³-hybridized carbons (Fsp3) is 0.280. The highest BCUT2D eigenvalue weighted by atomic mass is 35.5. The number of hydrogen-bond acceptors (Lipinski definition) is 3. The molecule has 0 amide bonds. The summed E-state index contributed by atoms with van der Waals surface area (Å²) in [6.45, 7) is 4.69. The molecule has 0 radical (unpaired) electrons. The van der Waals surface area contributed by atoms with E-state index in [1.54, 1.807) is 11.8 Å². The third-order valence-corrected chi connectivity index (χ3v) is 5.91. The van der Waals surface area contributed by atoms with E-state index < -0.39 is 0 Å². The smallest absolute Gasteiger partial charge is 0.120 e. The predicted octanol–water partition coefficient (Wildman–Crippen LogP) is 7.13. The lowest BCUT2D eigenvalue weighted by Gasteiger charge is -2.18. The van der Waals surface area contributed by atoms with Crippen LogP contribution in [0.1, 0.15) is 37.8 Å². The number of benzene rings is 3. The summed E-state index contributed by atoms with van der Waals surface area (Å²) in [5.74, 6) is 0.867. The molecule has 3 aromatic carbocycles. The van der Waals surface area contributed by atoms with Crippen LogP contribution in [0, 0.1) is 0 Å². The van der Waals surface area contributed by atoms with Crippen LogP contribution in [-0.4, -0.2) is 5.54 Å². The van der Waals surface area contributed by atoms with Gasteiger partial charge >= 0.3 is 0 Å². The molecule has 0 bridgehead atoms. The summed E-state index contributed by atoms with van der Waals surface area (Å²) in [4.78, 5) is 2.25. The third kappa shape index (κ3) is 7.43. The molecule has 3 aromatic rings. The van der Waals surface area contributed by atoms with Crippen LogP contribution in [-0.2, 0) is 13.0 Å². The van der Waals surface area contributed by atoms with Gasteiger partial charge < -0.3 is 10.5 Å². The summed E-state index contributed by atoms with van der Waals surface area (Å²) in [5.41, 5.74) is 8.28. The van der Waals surface area contributed by atoms with Gasteiger partial charge in [-0.2, -0.15) is 0 Å². The number of nitrogens with two attached hydrogens (primary N) is 1. The topological polar surface area (TPSA) is 35.2 Å². The average Bonchev–Trinajstić information content (AvgIpc) is 2.68. The summed E-state index contributed by atoms with van der Waals surface area (Å²) in [6.07, 6.45) is 2.97. The Hall–Kier alpha value is -1.94. The normalized spacial score (nSPS) is 11.4. The Kier molecular flexibility index (Phi) is 7.65. The lowest BCUT2D eigenvalue weighted by atomic mass is 9.97. The molecule has 0 unspecified atom stereocenters. The zero-order valence-corrected chi connectivity index (χ0v) is 18.6. The maximum atomic E-state index is 6.53. The number of ether oxygens (including phenoxy) is 1. The van der Waals surface area contributed by atoms with Gasteiger partial charge in [-0.05, 0) is 74.6 Å². The summed E-state index contributed by atoms with van der Waals surface area (Å²) in [5, 5.41) is 0.821. The molecule has 0 spiro atoms. The Morgan fingerprint density at radius 3 is 2.41 bits per heavy atom. The Balaban J connectivity index is 1.59. The van der Waals surface area contributed by atoms with Crippen molar-refractivity contribution in [3.8, 4) is 5.75 Å². The first-order valence-electron chi connectivity index (χ1n) is 9.91. The van der Waals surface area contributed by atoms with Gasteiger partial charge in [0, 0.05) is 20.4 Å². The molecule has 0 aromatic heterocycles. The van der Waals surface area contributed by atoms with Gasteiger partial charge in [0.15, 0.2) is 0 Å². The van der Waals surface area contributed by atoms with Crippen molar-refractivity contribution in [2.24, 2.45) is 5.73 Å². The van der Waals surface area contributed by atoms with E-state index >= 15 is 0 Å². The summed E-state index contributed by atoms with van der Waals surface area (Å²) >= 11 is 8.22. The van der Waals surface area contributed by atoms with Crippen molar-refractivity contribution in [1.82, 2.24) is 0 Å². The zero-order chi connectivity index (χ0) is 20.7. The van der Waals surface area contributed by atoms with E-state index in [-0.39, 0.29) is 5.54 Å². The number of hydrogen-bond donors (Lipinski definition) is 1. The molecule has 0 saturated heterocycles. The number of aryl methyl sites for hydroxylation is 1. The van der Waals surface area contributed by atoms with Crippen molar-refractivity contribution in [3.63, 3.8) is 0 Å². The third-order valence-electron chi connectivity index (χ3n) is 4.58. The quantitative estimate of drug-likeness (QED) is 0.396. The molecule has 0 atom stereocenters. The molecule has 0 aliphatic carbocycles. The Labute approximate surface area is 183 Å². The first-order chi connectivity index (χ1) is 13.9. The fourth-order valence-electron chi connectivity index (χ4n) is 3.03. The van der Waals surface area contributed by atoms with Crippen LogP contribution in [0.2, 0.25) is 5.02 Å². The second kappa shape index (κ2) is 10.2. The predicted molar refractivity (Wildman–Crippen MR) is 124 cm³/mol. The van der Waals surface area contributed by atoms with Crippen molar-refractivity contribution >= 4 is 23.4 Å². The van der Waals surface area contributed by atoms with Crippen molar-refractivity contribution < 1.29 is 4.74 Å². The molecular formula is C25H28ClNOS. The molecule has 0 aliphatic heterocycles. The second-order valence-electron chi connectivity index (χ2n) is 7.95. The summed E-state index contributed by atoms with van der Waals surface area (Å²) < 4.78 is 5.94. The minimum atomic E-state index is -0.129. The highest BCUT2D eigenvalue weighted by Crippen LogP contribution is 2.33. The van der Waals surface area contributed by atoms with Crippen LogP contribution in [0.4, 0.5) is 0 Å². The van der Waals surface area contributed by atoms with Crippen molar-refractivity contribution in [3.05, 3.63) is 88.9 Å². The van der Waals surface area contributed by atoms with E-state index in [4.69, 9.17) is 22.1 Å². The zero-order valence-electron chi connectivity index (χ0n) is 17.0. The van der Waals surface area contributed by atoms with Crippen molar-refractivity contribution in [1.29, 1.82) is 0 Å². The van der Waals surface area contributed by atoms with E-state index in [2.05, 4.69) is 50.2 Å². The molecular weight excluding hydrogens is 398 g/mol. The van der Waals surface area contributed by atoms with Crippen LogP contribution in [0.15, 0.2) is 82.6 Å². The molecule has 0 fully saturated rings. The van der Waals surface area contributed by atoms with Crippen LogP contribution < -0.4 is 10.5 Å². The van der Waals surface area contributed by atoms with Gasteiger partial charge in [0.1, 0.15) is 12.4 Å². The van der Waals surface area contributed by atoms with E-state index in [9.17, 15) is 0 Å².